The van der Waals surface area contributed by atoms with Gasteiger partial charge in [0.25, 0.3) is 0 Å². The molecular weight excluding hydrogens is 508 g/mol. The van der Waals surface area contributed by atoms with E-state index >= 15 is 0 Å². The first-order valence-electron chi connectivity index (χ1n) is 12.6. The fraction of sp³-hybridized carbons (Fsp3) is 0.393. The van der Waals surface area contributed by atoms with Crippen molar-refractivity contribution in [2.75, 3.05) is 13.2 Å². The quantitative estimate of drug-likeness (QED) is 0.188. The fourth-order valence-electron chi connectivity index (χ4n) is 3.91. The van der Waals surface area contributed by atoms with Gasteiger partial charge in [-0.3, -0.25) is 14.4 Å². The van der Waals surface area contributed by atoms with E-state index in [1.165, 1.54) is 18.2 Å². The van der Waals surface area contributed by atoms with Crippen molar-refractivity contribution in [3.63, 3.8) is 0 Å². The second kappa shape index (κ2) is 15.8. The number of hydrogen-bond donors (Lipinski definition) is 5. The molecule has 2 aromatic rings. The zero-order valence-electron chi connectivity index (χ0n) is 21.7. The van der Waals surface area contributed by atoms with Crippen LogP contribution in [-0.2, 0) is 32.0 Å². The Morgan fingerprint density at radius 1 is 0.897 bits per heavy atom. The van der Waals surface area contributed by atoms with Crippen LogP contribution in [-0.4, -0.2) is 64.2 Å². The van der Waals surface area contributed by atoms with Crippen molar-refractivity contribution in [1.29, 1.82) is 0 Å². The lowest BCUT2D eigenvalue weighted by Crippen LogP contribution is -2.48. The van der Waals surface area contributed by atoms with E-state index < -0.39 is 48.3 Å². The third-order valence-electron chi connectivity index (χ3n) is 5.90. The smallest absolute Gasteiger partial charge is 0.341 e. The Balaban J connectivity index is 2.20. The largest absolute Gasteiger partial charge is 0.481 e. The maximum Gasteiger partial charge on any atom is 0.341 e. The van der Waals surface area contributed by atoms with Gasteiger partial charge in [-0.1, -0.05) is 56.2 Å². The molecule has 5 N–H and O–H groups in total. The van der Waals surface area contributed by atoms with Gasteiger partial charge in [-0.25, -0.2) is 9.59 Å². The first-order valence-corrected chi connectivity index (χ1v) is 12.6. The Morgan fingerprint density at radius 2 is 1.62 bits per heavy atom. The van der Waals surface area contributed by atoms with Crippen molar-refractivity contribution in [1.82, 2.24) is 10.6 Å². The Morgan fingerprint density at radius 3 is 2.23 bits per heavy atom. The van der Waals surface area contributed by atoms with Crippen LogP contribution in [0.3, 0.4) is 0 Å². The maximum absolute atomic E-state index is 13.0. The highest BCUT2D eigenvalue weighted by molar-refractivity contribution is 5.92. The summed E-state index contributed by atoms with van der Waals surface area (Å²) in [5.74, 6) is -6.05. The highest BCUT2D eigenvalue weighted by Crippen LogP contribution is 2.22. The van der Waals surface area contributed by atoms with Crippen LogP contribution in [0.15, 0.2) is 48.5 Å². The molecule has 210 valence electrons. The van der Waals surface area contributed by atoms with Gasteiger partial charge < -0.3 is 30.7 Å². The van der Waals surface area contributed by atoms with Crippen LogP contribution < -0.4 is 15.4 Å². The number of unbranched alkanes of at least 4 members (excludes halogenated alkanes) is 2. The number of aliphatic carboxylic acids is 2. The fourth-order valence-corrected chi connectivity index (χ4v) is 3.91. The third kappa shape index (κ3) is 10.8. The molecule has 2 atom stereocenters. The third-order valence-corrected chi connectivity index (χ3v) is 5.90. The summed E-state index contributed by atoms with van der Waals surface area (Å²) >= 11 is 0. The number of rotatable bonds is 17. The minimum Gasteiger partial charge on any atom is -0.481 e. The maximum atomic E-state index is 13.0. The first-order chi connectivity index (χ1) is 18.6. The summed E-state index contributed by atoms with van der Waals surface area (Å²) in [4.78, 5) is 60.2. The molecule has 0 aliphatic carbocycles. The van der Waals surface area contributed by atoms with E-state index in [1.807, 2.05) is 6.92 Å². The highest BCUT2D eigenvalue weighted by atomic mass is 16.5. The number of amides is 2. The molecule has 2 aromatic carbocycles. The molecule has 0 unspecified atom stereocenters. The number of nitrogens with one attached hydrogen (secondary N) is 2. The first kappa shape index (κ1) is 30.8. The summed E-state index contributed by atoms with van der Waals surface area (Å²) in [6.07, 6.45) is 2.28. The molecule has 2 rings (SSSR count). The molecule has 0 aliphatic heterocycles. The van der Waals surface area contributed by atoms with Gasteiger partial charge in [0.2, 0.25) is 11.8 Å². The molecule has 0 saturated heterocycles. The summed E-state index contributed by atoms with van der Waals surface area (Å²) in [7, 11) is 0. The lowest BCUT2D eigenvalue weighted by Gasteiger charge is -2.21. The van der Waals surface area contributed by atoms with Crippen molar-refractivity contribution >= 4 is 29.7 Å². The molecule has 39 heavy (non-hydrogen) atoms. The summed E-state index contributed by atoms with van der Waals surface area (Å²) in [6, 6.07) is 11.8. The molecule has 0 heterocycles. The van der Waals surface area contributed by atoms with Crippen molar-refractivity contribution in [2.24, 2.45) is 5.92 Å². The van der Waals surface area contributed by atoms with Gasteiger partial charge >= 0.3 is 17.9 Å². The van der Waals surface area contributed by atoms with Gasteiger partial charge in [-0.2, -0.15) is 0 Å². The van der Waals surface area contributed by atoms with Gasteiger partial charge in [0, 0.05) is 19.4 Å². The van der Waals surface area contributed by atoms with Crippen molar-refractivity contribution in [3.05, 3.63) is 65.2 Å². The number of carbonyl (C=O) groups excluding carboxylic acids is 2. The zero-order chi connectivity index (χ0) is 28.8. The van der Waals surface area contributed by atoms with Crippen molar-refractivity contribution in [3.8, 4) is 5.75 Å². The van der Waals surface area contributed by atoms with Crippen LogP contribution in [0, 0.1) is 5.92 Å². The molecule has 0 saturated carbocycles. The summed E-state index contributed by atoms with van der Waals surface area (Å²) in [5.41, 5.74) is 0.841. The Labute approximate surface area is 226 Å². The molecule has 0 aromatic heterocycles. The van der Waals surface area contributed by atoms with Crippen LogP contribution in [0.25, 0.3) is 0 Å². The summed E-state index contributed by atoms with van der Waals surface area (Å²) in [5, 5.41) is 33.4. The van der Waals surface area contributed by atoms with E-state index in [9.17, 15) is 34.2 Å². The number of carbonyl (C=O) groups is 5. The van der Waals surface area contributed by atoms with Crippen LogP contribution in [0.5, 0.6) is 5.75 Å². The van der Waals surface area contributed by atoms with Crippen molar-refractivity contribution in [2.45, 2.75) is 51.5 Å². The Hall–Kier alpha value is -4.41. The number of benzene rings is 2. The monoisotopic (exact) mass is 542 g/mol. The number of aromatic carboxylic acids is 1. The lowest BCUT2D eigenvalue weighted by atomic mass is 9.95. The molecule has 0 radical (unpaired) electrons. The predicted molar refractivity (Wildman–Crippen MR) is 141 cm³/mol. The molecule has 0 aliphatic rings. The number of carboxylic acid groups (broad SMARTS) is 3. The molecule has 0 spiro atoms. The second-order valence-electron chi connectivity index (χ2n) is 9.07. The average Bonchev–Trinajstić information content (AvgIpc) is 2.89. The van der Waals surface area contributed by atoms with E-state index in [2.05, 4.69) is 10.6 Å². The summed E-state index contributed by atoms with van der Waals surface area (Å²) in [6.45, 7) is 1.67. The average molecular weight is 543 g/mol. The molecule has 11 nitrogen and oxygen atoms in total. The number of ether oxygens (including phenoxy) is 1. The normalized spacial score (nSPS) is 12.1. The van der Waals surface area contributed by atoms with E-state index in [4.69, 9.17) is 9.84 Å². The topological polar surface area (TPSA) is 179 Å². The minimum atomic E-state index is -1.35. The SMILES string of the molecule is CCCCCNC(=O)[C@H](Cc1ccc(OCC(=O)O)c(C(=O)O)c1)NC(=O)C[C@@H](Cc1ccccc1)C(=O)O. The second-order valence-corrected chi connectivity index (χ2v) is 9.07. The predicted octanol–water partition coefficient (Wildman–Crippen LogP) is 2.52. The van der Waals surface area contributed by atoms with Crippen LogP contribution in [0.2, 0.25) is 0 Å². The van der Waals surface area contributed by atoms with Crippen molar-refractivity contribution < 1.29 is 44.0 Å². The molecule has 11 heteroatoms. The molecule has 2 amide bonds. The highest BCUT2D eigenvalue weighted by Gasteiger charge is 2.26. The van der Waals surface area contributed by atoms with E-state index in [-0.39, 0.29) is 30.6 Å². The van der Waals surface area contributed by atoms with Crippen LogP contribution >= 0.6 is 0 Å². The van der Waals surface area contributed by atoms with E-state index in [0.29, 0.717) is 12.1 Å². The van der Waals surface area contributed by atoms with Crippen LogP contribution in [0.4, 0.5) is 0 Å². The Bertz CT molecular complexity index is 1150. The molecule has 0 fully saturated rings. The minimum absolute atomic E-state index is 0.0821. The van der Waals surface area contributed by atoms with Crippen LogP contribution in [0.1, 0.15) is 54.1 Å². The van der Waals surface area contributed by atoms with Gasteiger partial charge in [0.05, 0.1) is 5.92 Å². The molecule has 0 bridgehead atoms. The van der Waals surface area contributed by atoms with E-state index in [1.54, 1.807) is 30.3 Å². The molecular formula is C28H34N2O9. The number of hydrogen-bond acceptors (Lipinski definition) is 6. The number of carboxylic acids is 3. The Kier molecular flexibility index (Phi) is 12.4. The van der Waals surface area contributed by atoms with Gasteiger partial charge in [-0.15, -0.1) is 0 Å². The van der Waals surface area contributed by atoms with E-state index in [0.717, 1.165) is 24.8 Å². The lowest BCUT2D eigenvalue weighted by molar-refractivity contribution is -0.144. The summed E-state index contributed by atoms with van der Waals surface area (Å²) < 4.78 is 5.04. The zero-order valence-corrected chi connectivity index (χ0v) is 21.7. The standard InChI is InChI=1S/C28H34N2O9/c1-2-3-7-12-29-26(34)22(15-19-10-11-23(39-17-25(32)33)21(14-19)28(37)38)30-24(31)16-20(27(35)36)13-18-8-5-4-6-9-18/h4-6,8-11,14,20,22H,2-3,7,12-13,15-17H2,1H3,(H,29,34)(H,30,31)(H,32,33)(H,35,36)(H,37,38)/t20-,22+/m1/s1. The van der Waals surface area contributed by atoms with Gasteiger partial charge in [-0.05, 0) is 36.1 Å². The van der Waals surface area contributed by atoms with Gasteiger partial charge in [0.15, 0.2) is 6.61 Å². The van der Waals surface area contributed by atoms with Gasteiger partial charge in [0.1, 0.15) is 17.4 Å².